The first kappa shape index (κ1) is 13.1. The molecule has 0 fully saturated rings. The Morgan fingerprint density at radius 3 is 2.40 bits per heavy atom. The maximum Gasteiger partial charge on any atom is 0.0631 e. The molecule has 1 nitrogen and oxygen atoms in total. The zero-order valence-corrected chi connectivity index (χ0v) is 12.5. The van der Waals surface area contributed by atoms with Crippen molar-refractivity contribution in [2.45, 2.75) is 13.8 Å². The molecule has 0 aliphatic rings. The number of hydrogen-bond donors (Lipinski definition) is 1. The van der Waals surface area contributed by atoms with Crippen LogP contribution in [0.25, 0.3) is 0 Å². The van der Waals surface area contributed by atoms with Crippen molar-refractivity contribution >= 4 is 49.1 Å². The van der Waals surface area contributed by atoms with Crippen LogP contribution in [0.2, 0.25) is 0 Å². The summed E-state index contributed by atoms with van der Waals surface area (Å²) in [6, 6.07) is 4.15. The molecule has 4 heteroatoms. The van der Waals surface area contributed by atoms with Gasteiger partial charge in [0.25, 0.3) is 0 Å². The van der Waals surface area contributed by atoms with Crippen molar-refractivity contribution < 1.29 is 0 Å². The van der Waals surface area contributed by atoms with Crippen LogP contribution in [0, 0.1) is 6.92 Å². The Balaban J connectivity index is 2.86. The Morgan fingerprint density at radius 1 is 1.40 bits per heavy atom. The maximum absolute atomic E-state index is 5.60. The molecule has 0 saturated heterocycles. The predicted octanol–water partition coefficient (Wildman–Crippen LogP) is 5.07. The van der Waals surface area contributed by atoms with Gasteiger partial charge in [-0.2, -0.15) is 0 Å². The van der Waals surface area contributed by atoms with Gasteiger partial charge in [-0.25, -0.2) is 0 Å². The van der Waals surface area contributed by atoms with E-state index >= 15 is 0 Å². The standard InChI is InChI=1S/C11H12Br2ClN/c1-7-3-9(12)11(10(13)4-7)15-6-8(2)5-14/h3-5,15H,6H2,1-2H3. The lowest BCUT2D eigenvalue weighted by molar-refractivity contribution is 1.20. The lowest BCUT2D eigenvalue weighted by atomic mass is 10.2. The number of hydrogen-bond acceptors (Lipinski definition) is 1. The highest BCUT2D eigenvalue weighted by Gasteiger charge is 2.05. The fourth-order valence-corrected chi connectivity index (χ4v) is 2.91. The lowest BCUT2D eigenvalue weighted by Crippen LogP contribution is -2.03. The molecule has 0 heterocycles. The molecule has 1 N–H and O–H groups in total. The summed E-state index contributed by atoms with van der Waals surface area (Å²) in [4.78, 5) is 0. The number of anilines is 1. The number of aryl methyl sites for hydroxylation is 1. The zero-order chi connectivity index (χ0) is 11.4. The summed E-state index contributed by atoms with van der Waals surface area (Å²) >= 11 is 12.6. The summed E-state index contributed by atoms with van der Waals surface area (Å²) in [5.41, 5.74) is 4.95. The summed E-state index contributed by atoms with van der Waals surface area (Å²) in [5.74, 6) is 0. The minimum Gasteiger partial charge on any atom is -0.379 e. The molecule has 15 heavy (non-hydrogen) atoms. The van der Waals surface area contributed by atoms with Gasteiger partial charge in [0.15, 0.2) is 0 Å². The van der Waals surface area contributed by atoms with Gasteiger partial charge in [-0.1, -0.05) is 11.6 Å². The second-order valence-electron chi connectivity index (χ2n) is 3.41. The second kappa shape index (κ2) is 5.92. The van der Waals surface area contributed by atoms with Crippen molar-refractivity contribution in [1.82, 2.24) is 0 Å². The summed E-state index contributed by atoms with van der Waals surface area (Å²) in [5, 5.41) is 3.31. The molecule has 0 bridgehead atoms. The Hall–Kier alpha value is 0.01000. The van der Waals surface area contributed by atoms with Crippen LogP contribution >= 0.6 is 43.5 Å². The molecule has 0 unspecified atom stereocenters. The third kappa shape index (κ3) is 3.82. The first-order valence-electron chi connectivity index (χ1n) is 4.50. The van der Waals surface area contributed by atoms with E-state index in [0.29, 0.717) is 0 Å². The van der Waals surface area contributed by atoms with E-state index in [1.807, 2.05) is 6.92 Å². The normalized spacial score (nSPS) is 11.7. The minimum atomic E-state index is 0.740. The molecule has 0 saturated carbocycles. The van der Waals surface area contributed by atoms with Gasteiger partial charge in [0, 0.05) is 21.0 Å². The van der Waals surface area contributed by atoms with Gasteiger partial charge >= 0.3 is 0 Å². The van der Waals surface area contributed by atoms with Gasteiger partial charge in [0.05, 0.1) is 5.69 Å². The monoisotopic (exact) mass is 351 g/mol. The molecule has 0 spiro atoms. The van der Waals surface area contributed by atoms with E-state index in [1.165, 1.54) is 5.56 Å². The number of rotatable bonds is 3. The Morgan fingerprint density at radius 2 is 1.93 bits per heavy atom. The molecular weight excluding hydrogens is 341 g/mol. The Kier molecular flexibility index (Phi) is 5.16. The minimum absolute atomic E-state index is 0.740. The van der Waals surface area contributed by atoms with Crippen LogP contribution in [0.3, 0.4) is 0 Å². The molecule has 0 radical (unpaired) electrons. The fourth-order valence-electron chi connectivity index (χ4n) is 1.14. The average Bonchev–Trinajstić information content (AvgIpc) is 2.15. The highest BCUT2D eigenvalue weighted by molar-refractivity contribution is 9.11. The molecule has 0 amide bonds. The van der Waals surface area contributed by atoms with E-state index in [-0.39, 0.29) is 0 Å². The summed E-state index contributed by atoms with van der Waals surface area (Å²) in [7, 11) is 0. The van der Waals surface area contributed by atoms with E-state index in [0.717, 1.165) is 26.8 Å². The largest absolute Gasteiger partial charge is 0.379 e. The van der Waals surface area contributed by atoms with Gasteiger partial charge in [-0.3, -0.25) is 0 Å². The van der Waals surface area contributed by atoms with Gasteiger partial charge in [0.1, 0.15) is 0 Å². The number of nitrogens with one attached hydrogen (secondary N) is 1. The molecule has 82 valence electrons. The van der Waals surface area contributed by atoms with E-state index in [4.69, 9.17) is 11.6 Å². The Labute approximate surface area is 112 Å². The van der Waals surface area contributed by atoms with E-state index in [1.54, 1.807) is 5.54 Å². The topological polar surface area (TPSA) is 12.0 Å². The molecule has 1 aromatic rings. The number of benzene rings is 1. The highest BCUT2D eigenvalue weighted by Crippen LogP contribution is 2.32. The van der Waals surface area contributed by atoms with Gasteiger partial charge < -0.3 is 5.32 Å². The molecular formula is C11H12Br2ClN. The predicted molar refractivity (Wildman–Crippen MR) is 74.7 cm³/mol. The van der Waals surface area contributed by atoms with Crippen LogP contribution in [0.1, 0.15) is 12.5 Å². The van der Waals surface area contributed by atoms with Gasteiger partial charge in [0.2, 0.25) is 0 Å². The molecule has 0 atom stereocenters. The van der Waals surface area contributed by atoms with E-state index in [9.17, 15) is 0 Å². The van der Waals surface area contributed by atoms with Gasteiger partial charge in [-0.15, -0.1) is 0 Å². The SMILES string of the molecule is CC(=CCl)CNc1c(Br)cc(C)cc1Br. The third-order valence-corrected chi connectivity index (χ3v) is 3.54. The third-order valence-electron chi connectivity index (χ3n) is 1.92. The quantitative estimate of drug-likeness (QED) is 0.799. The molecule has 0 aliphatic heterocycles. The van der Waals surface area contributed by atoms with Crippen molar-refractivity contribution in [2.24, 2.45) is 0 Å². The number of halogens is 3. The lowest BCUT2D eigenvalue weighted by Gasteiger charge is -2.11. The van der Waals surface area contributed by atoms with Crippen molar-refractivity contribution in [1.29, 1.82) is 0 Å². The first-order valence-corrected chi connectivity index (χ1v) is 6.52. The average molecular weight is 353 g/mol. The van der Waals surface area contributed by atoms with Crippen molar-refractivity contribution in [2.75, 3.05) is 11.9 Å². The molecule has 1 rings (SSSR count). The van der Waals surface area contributed by atoms with Crippen molar-refractivity contribution in [3.05, 3.63) is 37.7 Å². The summed E-state index contributed by atoms with van der Waals surface area (Å²) < 4.78 is 2.11. The van der Waals surface area contributed by atoms with Crippen molar-refractivity contribution in [3.63, 3.8) is 0 Å². The van der Waals surface area contributed by atoms with Crippen LogP contribution in [0.5, 0.6) is 0 Å². The Bertz CT molecular complexity index is 365. The smallest absolute Gasteiger partial charge is 0.0631 e. The zero-order valence-electron chi connectivity index (χ0n) is 8.57. The van der Waals surface area contributed by atoms with Gasteiger partial charge in [-0.05, 0) is 69.0 Å². The summed E-state index contributed by atoms with van der Waals surface area (Å²) in [6.07, 6.45) is 0. The van der Waals surface area contributed by atoms with Crippen molar-refractivity contribution in [3.8, 4) is 0 Å². The van der Waals surface area contributed by atoms with Crippen LogP contribution in [-0.2, 0) is 0 Å². The van der Waals surface area contributed by atoms with Crippen LogP contribution in [0.15, 0.2) is 32.2 Å². The maximum atomic E-state index is 5.60. The van der Waals surface area contributed by atoms with Crippen LogP contribution in [-0.4, -0.2) is 6.54 Å². The highest BCUT2D eigenvalue weighted by atomic mass is 79.9. The fraction of sp³-hybridized carbons (Fsp3) is 0.273. The first-order chi connectivity index (χ1) is 7.04. The van der Waals surface area contributed by atoms with Crippen LogP contribution in [0.4, 0.5) is 5.69 Å². The van der Waals surface area contributed by atoms with E-state index < -0.39 is 0 Å². The molecule has 0 aliphatic carbocycles. The molecule has 0 aromatic heterocycles. The van der Waals surface area contributed by atoms with E-state index in [2.05, 4.69) is 56.2 Å². The second-order valence-corrected chi connectivity index (χ2v) is 5.34. The summed E-state index contributed by atoms with van der Waals surface area (Å²) in [6.45, 7) is 4.78. The molecule has 1 aromatic carbocycles. The van der Waals surface area contributed by atoms with Crippen LogP contribution < -0.4 is 5.32 Å².